The van der Waals surface area contributed by atoms with Crippen LogP contribution in [-0.4, -0.2) is 61.9 Å². The fourth-order valence-electron chi connectivity index (χ4n) is 3.24. The number of ether oxygens (including phenoxy) is 1. The number of carbonyl (C=O) groups is 2. The third kappa shape index (κ3) is 7.82. The number of hydrogen-bond acceptors (Lipinski definition) is 7. The highest BCUT2D eigenvalue weighted by atomic mass is 35.5. The summed E-state index contributed by atoms with van der Waals surface area (Å²) in [5.74, 6) is 6.10. The van der Waals surface area contributed by atoms with Gasteiger partial charge in [-0.05, 0) is 52.3 Å². The van der Waals surface area contributed by atoms with E-state index < -0.39 is 17.7 Å². The lowest BCUT2D eigenvalue weighted by Crippen LogP contribution is -2.47. The first kappa shape index (κ1) is 27.7. The molecule has 10 nitrogen and oxygen atoms in total. The second kappa shape index (κ2) is 11.9. The molecule has 1 atom stereocenters. The van der Waals surface area contributed by atoms with Gasteiger partial charge in [0.2, 0.25) is 11.9 Å². The van der Waals surface area contributed by atoms with Crippen LogP contribution in [0.2, 0.25) is 5.15 Å². The molecule has 0 unspecified atom stereocenters. The summed E-state index contributed by atoms with van der Waals surface area (Å²) in [7, 11) is 3.43. The molecule has 0 saturated heterocycles. The number of likely N-dealkylation sites (N-methyl/N-ethyl adjacent to an activating group) is 1. The molecule has 0 aliphatic heterocycles. The van der Waals surface area contributed by atoms with Crippen LogP contribution in [0.15, 0.2) is 30.6 Å². The molecule has 37 heavy (non-hydrogen) atoms. The molecule has 0 fully saturated rings. The molecular formula is C26H32ClN7O3. The van der Waals surface area contributed by atoms with E-state index in [0.717, 1.165) is 16.6 Å². The predicted octanol–water partition coefficient (Wildman–Crippen LogP) is 4.26. The predicted molar refractivity (Wildman–Crippen MR) is 144 cm³/mol. The minimum absolute atomic E-state index is 0.250. The summed E-state index contributed by atoms with van der Waals surface area (Å²) in [5.41, 5.74) is 1.74. The number of nitrogens with one attached hydrogen (secondary N) is 2. The number of amides is 2. The first-order chi connectivity index (χ1) is 17.4. The van der Waals surface area contributed by atoms with E-state index in [1.807, 2.05) is 25.2 Å². The summed E-state index contributed by atoms with van der Waals surface area (Å²) < 4.78 is 7.10. The van der Waals surface area contributed by atoms with Crippen molar-refractivity contribution in [1.82, 2.24) is 30.0 Å². The van der Waals surface area contributed by atoms with Crippen LogP contribution >= 0.6 is 11.6 Å². The highest BCUT2D eigenvalue weighted by molar-refractivity contribution is 6.30. The van der Waals surface area contributed by atoms with Gasteiger partial charge < -0.3 is 15.4 Å². The number of benzene rings is 1. The van der Waals surface area contributed by atoms with Gasteiger partial charge in [0.15, 0.2) is 0 Å². The van der Waals surface area contributed by atoms with Gasteiger partial charge in [-0.25, -0.2) is 9.78 Å². The fourth-order valence-corrected chi connectivity index (χ4v) is 3.41. The number of nitrogens with zero attached hydrogens (tertiary/aromatic N) is 5. The lowest BCUT2D eigenvalue weighted by molar-refractivity contribution is -0.125. The van der Waals surface area contributed by atoms with Crippen molar-refractivity contribution in [2.45, 2.75) is 52.2 Å². The van der Waals surface area contributed by atoms with Crippen LogP contribution in [0.25, 0.3) is 10.9 Å². The van der Waals surface area contributed by atoms with E-state index in [4.69, 9.17) is 16.3 Å². The van der Waals surface area contributed by atoms with Crippen LogP contribution in [-0.2, 0) is 16.6 Å². The molecule has 0 saturated carbocycles. The molecule has 11 heteroatoms. The number of hydrogen-bond donors (Lipinski definition) is 2. The zero-order valence-corrected chi connectivity index (χ0v) is 22.7. The van der Waals surface area contributed by atoms with E-state index >= 15 is 0 Å². The lowest BCUT2D eigenvalue weighted by Gasteiger charge is -2.28. The summed E-state index contributed by atoms with van der Waals surface area (Å²) in [6.45, 7) is 7.41. The number of aromatic nitrogens is 4. The van der Waals surface area contributed by atoms with E-state index in [2.05, 4.69) is 37.5 Å². The van der Waals surface area contributed by atoms with Crippen LogP contribution in [0.4, 0.5) is 16.4 Å². The van der Waals surface area contributed by atoms with Gasteiger partial charge in [0.25, 0.3) is 0 Å². The molecule has 0 radical (unpaired) electrons. The second-order valence-corrected chi connectivity index (χ2v) is 9.89. The Morgan fingerprint density at radius 1 is 1.27 bits per heavy atom. The first-order valence-electron chi connectivity index (χ1n) is 11.9. The second-order valence-electron chi connectivity index (χ2n) is 9.53. The topological polar surface area (TPSA) is 114 Å². The van der Waals surface area contributed by atoms with Crippen LogP contribution in [0.3, 0.4) is 0 Å². The minimum Gasteiger partial charge on any atom is -0.444 e. The Kier molecular flexibility index (Phi) is 8.95. The van der Waals surface area contributed by atoms with Gasteiger partial charge in [0.1, 0.15) is 16.8 Å². The van der Waals surface area contributed by atoms with Crippen molar-refractivity contribution in [3.8, 4) is 11.8 Å². The Morgan fingerprint density at radius 2 is 2.03 bits per heavy atom. The number of rotatable bonds is 7. The average Bonchev–Trinajstić information content (AvgIpc) is 3.20. The average molecular weight is 526 g/mol. The fraction of sp³-hybridized carbons (Fsp3) is 0.423. The molecule has 3 aromatic rings. The number of aryl methyl sites for hydroxylation is 1. The van der Waals surface area contributed by atoms with E-state index in [9.17, 15) is 9.59 Å². The van der Waals surface area contributed by atoms with Gasteiger partial charge in [0.05, 0.1) is 17.3 Å². The molecule has 3 rings (SSSR count). The number of fused-ring (bicyclic) bond motifs is 1. The maximum atomic E-state index is 12.3. The van der Waals surface area contributed by atoms with Gasteiger partial charge in [-0.2, -0.15) is 10.1 Å². The first-order valence-corrected chi connectivity index (χ1v) is 12.3. The maximum absolute atomic E-state index is 12.3. The van der Waals surface area contributed by atoms with Crippen molar-refractivity contribution in [2.75, 3.05) is 18.9 Å². The van der Waals surface area contributed by atoms with E-state index in [-0.39, 0.29) is 11.1 Å². The Hall–Kier alpha value is -3.84. The summed E-state index contributed by atoms with van der Waals surface area (Å²) in [5, 5.41) is 11.4. The van der Waals surface area contributed by atoms with Crippen molar-refractivity contribution >= 4 is 46.1 Å². The molecule has 2 amide bonds. The summed E-state index contributed by atoms with van der Waals surface area (Å²) in [4.78, 5) is 34.3. The summed E-state index contributed by atoms with van der Waals surface area (Å²) in [6, 6.07) is 5.19. The Morgan fingerprint density at radius 3 is 2.73 bits per heavy atom. The smallest absolute Gasteiger partial charge is 0.410 e. The van der Waals surface area contributed by atoms with Crippen molar-refractivity contribution < 1.29 is 14.3 Å². The SMILES string of the molecule is C[C@@H](C(=O)NCCCC#Cc1cnc(Nc2ccc3c(cnn3C)c2)nc1Cl)N(C)C(=O)OC(C)(C)C. The van der Waals surface area contributed by atoms with Crippen molar-refractivity contribution in [1.29, 1.82) is 0 Å². The Bertz CT molecular complexity index is 1340. The van der Waals surface area contributed by atoms with Gasteiger partial charge in [0, 0.05) is 44.3 Å². The van der Waals surface area contributed by atoms with Crippen molar-refractivity contribution in [3.63, 3.8) is 0 Å². The highest BCUT2D eigenvalue weighted by Crippen LogP contribution is 2.21. The molecule has 2 aromatic heterocycles. The van der Waals surface area contributed by atoms with Crippen molar-refractivity contribution in [3.05, 3.63) is 41.3 Å². The number of halogens is 1. The normalized spacial score (nSPS) is 11.9. The molecule has 196 valence electrons. The zero-order valence-electron chi connectivity index (χ0n) is 21.9. The van der Waals surface area contributed by atoms with Crippen molar-refractivity contribution in [2.24, 2.45) is 7.05 Å². The van der Waals surface area contributed by atoms with Gasteiger partial charge in [-0.1, -0.05) is 23.4 Å². The molecule has 0 spiro atoms. The largest absolute Gasteiger partial charge is 0.444 e. The standard InChI is InChI=1S/C26H32ClN7O3/c1-17(33(5)25(36)37-26(2,3)4)23(35)28-13-9-7-8-10-18-15-29-24(32-22(18)27)31-20-11-12-21-19(14-20)16-30-34(21)6/h11-12,14-17H,7,9,13H2,1-6H3,(H,28,35)(H,29,31,32)/t17-/m0/s1. The van der Waals surface area contributed by atoms with Gasteiger partial charge in [-0.3, -0.25) is 14.4 Å². The minimum atomic E-state index is -0.657. The molecule has 2 heterocycles. The molecular weight excluding hydrogens is 494 g/mol. The monoisotopic (exact) mass is 525 g/mol. The maximum Gasteiger partial charge on any atom is 0.410 e. The molecule has 0 aliphatic carbocycles. The van der Waals surface area contributed by atoms with Crippen LogP contribution < -0.4 is 10.6 Å². The number of carbonyl (C=O) groups excluding carboxylic acids is 2. The molecule has 0 aliphatic rings. The third-order valence-electron chi connectivity index (χ3n) is 5.39. The Balaban J connectivity index is 1.45. The van der Waals surface area contributed by atoms with E-state index in [1.54, 1.807) is 44.8 Å². The van der Waals surface area contributed by atoms with E-state index in [0.29, 0.717) is 30.9 Å². The van der Waals surface area contributed by atoms with E-state index in [1.165, 1.54) is 11.9 Å². The van der Waals surface area contributed by atoms with Crippen LogP contribution in [0.5, 0.6) is 0 Å². The van der Waals surface area contributed by atoms with Gasteiger partial charge in [-0.15, -0.1) is 0 Å². The molecule has 0 bridgehead atoms. The lowest BCUT2D eigenvalue weighted by atomic mass is 10.2. The van der Waals surface area contributed by atoms with Crippen LogP contribution in [0, 0.1) is 11.8 Å². The third-order valence-corrected chi connectivity index (χ3v) is 5.68. The molecule has 2 N–H and O–H groups in total. The number of anilines is 2. The Labute approximate surface area is 221 Å². The quantitative estimate of drug-likeness (QED) is 0.269. The summed E-state index contributed by atoms with van der Waals surface area (Å²) >= 11 is 6.30. The summed E-state index contributed by atoms with van der Waals surface area (Å²) in [6.07, 6.45) is 4.00. The number of unbranched alkanes of at least 4 members (excludes halogenated alkanes) is 1. The van der Waals surface area contributed by atoms with Crippen LogP contribution in [0.1, 0.15) is 46.1 Å². The van der Waals surface area contributed by atoms with Gasteiger partial charge >= 0.3 is 6.09 Å². The highest BCUT2D eigenvalue weighted by Gasteiger charge is 2.26. The molecule has 1 aromatic carbocycles. The zero-order chi connectivity index (χ0) is 27.2.